The van der Waals surface area contributed by atoms with Gasteiger partial charge in [0.1, 0.15) is 0 Å². The molecule has 1 aliphatic rings. The van der Waals surface area contributed by atoms with Crippen molar-refractivity contribution in [1.29, 1.82) is 0 Å². The Morgan fingerprint density at radius 1 is 1.89 bits per heavy atom. The van der Waals surface area contributed by atoms with E-state index in [4.69, 9.17) is 5.73 Å². The standard InChI is InChI=1S/C6H11N3/c1-5-3-8-9-4-6(5)2-7/h3-4,6,8H,2,7H2,1H3. The van der Waals surface area contributed by atoms with Gasteiger partial charge in [-0.3, -0.25) is 5.43 Å². The molecule has 0 spiro atoms. The average molecular weight is 125 g/mol. The summed E-state index contributed by atoms with van der Waals surface area (Å²) in [6.07, 6.45) is 3.70. The van der Waals surface area contributed by atoms with Crippen molar-refractivity contribution in [2.45, 2.75) is 6.92 Å². The fourth-order valence-corrected chi connectivity index (χ4v) is 0.743. The number of rotatable bonds is 1. The van der Waals surface area contributed by atoms with Gasteiger partial charge in [-0.05, 0) is 12.5 Å². The molecule has 1 unspecified atom stereocenters. The summed E-state index contributed by atoms with van der Waals surface area (Å²) in [6, 6.07) is 0. The van der Waals surface area contributed by atoms with Gasteiger partial charge in [0.15, 0.2) is 0 Å². The quantitative estimate of drug-likeness (QED) is 0.520. The van der Waals surface area contributed by atoms with Crippen LogP contribution in [-0.4, -0.2) is 12.8 Å². The van der Waals surface area contributed by atoms with E-state index in [-0.39, 0.29) is 0 Å². The summed E-state index contributed by atoms with van der Waals surface area (Å²) in [6.45, 7) is 2.68. The fourth-order valence-electron chi connectivity index (χ4n) is 0.743. The van der Waals surface area contributed by atoms with Crippen LogP contribution in [0.25, 0.3) is 0 Å². The molecule has 0 aromatic heterocycles. The maximum atomic E-state index is 5.43. The van der Waals surface area contributed by atoms with Crippen LogP contribution >= 0.6 is 0 Å². The molecule has 0 saturated heterocycles. The van der Waals surface area contributed by atoms with Gasteiger partial charge in [0, 0.05) is 24.9 Å². The highest BCUT2D eigenvalue weighted by Crippen LogP contribution is 2.07. The van der Waals surface area contributed by atoms with Crippen molar-refractivity contribution in [3.05, 3.63) is 11.8 Å². The molecule has 3 nitrogen and oxygen atoms in total. The van der Waals surface area contributed by atoms with Gasteiger partial charge in [0.05, 0.1) is 0 Å². The molecule has 0 aromatic rings. The normalized spacial score (nSPS) is 25.1. The molecule has 1 heterocycles. The van der Waals surface area contributed by atoms with Gasteiger partial charge >= 0.3 is 0 Å². The van der Waals surface area contributed by atoms with Crippen molar-refractivity contribution in [1.82, 2.24) is 5.43 Å². The molecule has 0 fully saturated rings. The van der Waals surface area contributed by atoms with Gasteiger partial charge in [0.25, 0.3) is 0 Å². The van der Waals surface area contributed by atoms with Crippen molar-refractivity contribution < 1.29 is 0 Å². The predicted molar refractivity (Wildman–Crippen MR) is 37.9 cm³/mol. The number of nitrogens with two attached hydrogens (primary N) is 1. The first kappa shape index (κ1) is 6.29. The third-order valence-corrected chi connectivity index (χ3v) is 1.46. The molecule has 0 radical (unpaired) electrons. The van der Waals surface area contributed by atoms with E-state index >= 15 is 0 Å². The van der Waals surface area contributed by atoms with E-state index in [1.807, 2.05) is 19.3 Å². The summed E-state index contributed by atoms with van der Waals surface area (Å²) in [5.41, 5.74) is 9.43. The first-order chi connectivity index (χ1) is 4.34. The van der Waals surface area contributed by atoms with E-state index in [0.29, 0.717) is 12.5 Å². The average Bonchev–Trinajstić information content (AvgIpc) is 1.89. The monoisotopic (exact) mass is 125 g/mol. The molecule has 0 amide bonds. The second kappa shape index (κ2) is 2.64. The zero-order valence-electron chi connectivity index (χ0n) is 5.46. The minimum atomic E-state index is 0.339. The maximum absolute atomic E-state index is 5.43. The van der Waals surface area contributed by atoms with Crippen molar-refractivity contribution in [2.24, 2.45) is 16.8 Å². The molecule has 3 heteroatoms. The highest BCUT2D eigenvalue weighted by Gasteiger charge is 2.06. The number of nitrogens with one attached hydrogen (secondary N) is 1. The molecule has 0 bridgehead atoms. The molecular weight excluding hydrogens is 114 g/mol. The Labute approximate surface area is 54.6 Å². The predicted octanol–water partition coefficient (Wildman–Crippen LogP) is 0.0541. The minimum Gasteiger partial charge on any atom is -0.330 e. The first-order valence-electron chi connectivity index (χ1n) is 3.00. The van der Waals surface area contributed by atoms with Crippen LogP contribution in [0.4, 0.5) is 0 Å². The van der Waals surface area contributed by atoms with Crippen LogP contribution in [0.1, 0.15) is 6.92 Å². The van der Waals surface area contributed by atoms with E-state index < -0.39 is 0 Å². The van der Waals surface area contributed by atoms with Crippen LogP contribution in [0.5, 0.6) is 0 Å². The SMILES string of the molecule is CC1=CNN=CC1CN. The molecule has 0 aliphatic carbocycles. The third-order valence-electron chi connectivity index (χ3n) is 1.46. The van der Waals surface area contributed by atoms with Gasteiger partial charge in [0.2, 0.25) is 0 Å². The topological polar surface area (TPSA) is 50.4 Å². The maximum Gasteiger partial charge on any atom is 0.0331 e. The zero-order chi connectivity index (χ0) is 6.69. The summed E-state index contributed by atoms with van der Waals surface area (Å²) in [5, 5.41) is 3.85. The molecule has 3 N–H and O–H groups in total. The second-order valence-electron chi connectivity index (χ2n) is 2.14. The summed E-state index contributed by atoms with van der Waals surface area (Å²) >= 11 is 0. The van der Waals surface area contributed by atoms with Crippen molar-refractivity contribution >= 4 is 6.21 Å². The lowest BCUT2D eigenvalue weighted by atomic mass is 10.0. The molecule has 1 aliphatic heterocycles. The smallest absolute Gasteiger partial charge is 0.0331 e. The molecule has 50 valence electrons. The highest BCUT2D eigenvalue weighted by atomic mass is 15.3. The van der Waals surface area contributed by atoms with E-state index in [0.717, 1.165) is 0 Å². The first-order valence-corrected chi connectivity index (χ1v) is 3.00. The van der Waals surface area contributed by atoms with Crippen molar-refractivity contribution in [3.63, 3.8) is 0 Å². The Kier molecular flexibility index (Phi) is 1.85. The van der Waals surface area contributed by atoms with Gasteiger partial charge < -0.3 is 5.73 Å². The number of hydrogen-bond acceptors (Lipinski definition) is 3. The van der Waals surface area contributed by atoms with Gasteiger partial charge in [-0.15, -0.1) is 0 Å². The lowest BCUT2D eigenvalue weighted by Crippen LogP contribution is -2.21. The molecular formula is C6H11N3. The van der Waals surface area contributed by atoms with Crippen molar-refractivity contribution in [2.75, 3.05) is 6.54 Å². The summed E-state index contributed by atoms with van der Waals surface area (Å²) in [7, 11) is 0. The molecule has 1 rings (SSSR count). The lowest BCUT2D eigenvalue weighted by molar-refractivity contribution is 0.766. The van der Waals surface area contributed by atoms with Gasteiger partial charge in [-0.2, -0.15) is 5.10 Å². The van der Waals surface area contributed by atoms with E-state index in [1.165, 1.54) is 5.57 Å². The summed E-state index contributed by atoms with van der Waals surface area (Å²) in [5.74, 6) is 0.339. The Hall–Kier alpha value is -0.830. The van der Waals surface area contributed by atoms with Crippen molar-refractivity contribution in [3.8, 4) is 0 Å². The number of hydrazone groups is 1. The fraction of sp³-hybridized carbons (Fsp3) is 0.500. The Balaban J connectivity index is 2.59. The summed E-state index contributed by atoms with van der Waals surface area (Å²) < 4.78 is 0. The highest BCUT2D eigenvalue weighted by molar-refractivity contribution is 5.66. The van der Waals surface area contributed by atoms with Crippen LogP contribution in [0.2, 0.25) is 0 Å². The van der Waals surface area contributed by atoms with E-state index in [2.05, 4.69) is 10.5 Å². The van der Waals surface area contributed by atoms with Crippen LogP contribution in [0.15, 0.2) is 16.9 Å². The third kappa shape index (κ3) is 1.29. The number of hydrogen-bond donors (Lipinski definition) is 2. The Morgan fingerprint density at radius 2 is 2.67 bits per heavy atom. The van der Waals surface area contributed by atoms with Crippen LogP contribution < -0.4 is 11.2 Å². The number of nitrogens with zero attached hydrogens (tertiary/aromatic N) is 1. The lowest BCUT2D eigenvalue weighted by Gasteiger charge is -2.13. The molecule has 0 aromatic carbocycles. The zero-order valence-corrected chi connectivity index (χ0v) is 5.46. The molecule has 0 saturated carbocycles. The largest absolute Gasteiger partial charge is 0.330 e. The molecule has 9 heavy (non-hydrogen) atoms. The molecule has 1 atom stereocenters. The second-order valence-corrected chi connectivity index (χ2v) is 2.14. The van der Waals surface area contributed by atoms with Gasteiger partial charge in [-0.1, -0.05) is 0 Å². The van der Waals surface area contributed by atoms with Crippen LogP contribution in [-0.2, 0) is 0 Å². The van der Waals surface area contributed by atoms with Crippen LogP contribution in [0, 0.1) is 5.92 Å². The van der Waals surface area contributed by atoms with E-state index in [9.17, 15) is 0 Å². The van der Waals surface area contributed by atoms with E-state index in [1.54, 1.807) is 0 Å². The Morgan fingerprint density at radius 3 is 3.11 bits per heavy atom. The van der Waals surface area contributed by atoms with Crippen LogP contribution in [0.3, 0.4) is 0 Å². The van der Waals surface area contributed by atoms with Gasteiger partial charge in [-0.25, -0.2) is 0 Å². The summed E-state index contributed by atoms with van der Waals surface area (Å²) in [4.78, 5) is 0. The minimum absolute atomic E-state index is 0.339. The Bertz CT molecular complexity index is 148.